The van der Waals surface area contributed by atoms with E-state index >= 15 is 0 Å². The fourth-order valence-electron chi connectivity index (χ4n) is 1.41. The van der Waals surface area contributed by atoms with Gasteiger partial charge in [-0.05, 0) is 12.5 Å². The van der Waals surface area contributed by atoms with Crippen LogP contribution in [0, 0.1) is 5.82 Å². The third kappa shape index (κ3) is 2.21. The second kappa shape index (κ2) is 4.21. The van der Waals surface area contributed by atoms with E-state index in [0.29, 0.717) is 5.69 Å². The fourth-order valence-corrected chi connectivity index (χ4v) is 1.41. The molecule has 2 aromatic rings. The molecule has 0 spiro atoms. The first-order valence-electron chi connectivity index (χ1n) is 4.94. The predicted molar refractivity (Wildman–Crippen MR) is 55.7 cm³/mol. The van der Waals surface area contributed by atoms with Gasteiger partial charge < -0.3 is 0 Å². The second-order valence-electron chi connectivity index (χ2n) is 3.35. The molecule has 0 fully saturated rings. The van der Waals surface area contributed by atoms with Gasteiger partial charge in [0.25, 0.3) is 0 Å². The SMILES string of the molecule is CCCn1cc(-c2cc(F)ccn2)cn1. The average Bonchev–Trinajstić information content (AvgIpc) is 2.67. The van der Waals surface area contributed by atoms with Crippen molar-refractivity contribution in [2.24, 2.45) is 0 Å². The number of aromatic nitrogens is 3. The van der Waals surface area contributed by atoms with Gasteiger partial charge in [0.05, 0.1) is 11.9 Å². The predicted octanol–water partition coefficient (Wildman–Crippen LogP) is 2.49. The lowest BCUT2D eigenvalue weighted by Crippen LogP contribution is -1.95. The topological polar surface area (TPSA) is 30.7 Å². The molecule has 0 saturated heterocycles. The molecule has 2 aromatic heterocycles. The van der Waals surface area contributed by atoms with Gasteiger partial charge in [0.15, 0.2) is 0 Å². The van der Waals surface area contributed by atoms with Crippen molar-refractivity contribution in [3.63, 3.8) is 0 Å². The summed E-state index contributed by atoms with van der Waals surface area (Å²) in [5.41, 5.74) is 1.47. The smallest absolute Gasteiger partial charge is 0.126 e. The van der Waals surface area contributed by atoms with E-state index < -0.39 is 0 Å². The number of halogens is 1. The van der Waals surface area contributed by atoms with Gasteiger partial charge in [-0.1, -0.05) is 6.92 Å². The summed E-state index contributed by atoms with van der Waals surface area (Å²) < 4.78 is 14.8. The molecular formula is C11H12FN3. The highest BCUT2D eigenvalue weighted by molar-refractivity contribution is 5.56. The van der Waals surface area contributed by atoms with E-state index in [4.69, 9.17) is 0 Å². The van der Waals surface area contributed by atoms with E-state index in [2.05, 4.69) is 17.0 Å². The van der Waals surface area contributed by atoms with Crippen LogP contribution in [-0.4, -0.2) is 14.8 Å². The summed E-state index contributed by atoms with van der Waals surface area (Å²) >= 11 is 0. The van der Waals surface area contributed by atoms with Crippen molar-refractivity contribution in [3.8, 4) is 11.3 Å². The molecule has 2 rings (SSSR count). The van der Waals surface area contributed by atoms with Gasteiger partial charge in [0, 0.05) is 30.6 Å². The first-order valence-corrected chi connectivity index (χ1v) is 4.94. The Morgan fingerprint density at radius 2 is 2.33 bits per heavy atom. The highest BCUT2D eigenvalue weighted by Crippen LogP contribution is 2.16. The minimum absolute atomic E-state index is 0.275. The van der Waals surface area contributed by atoms with E-state index in [9.17, 15) is 4.39 Å². The van der Waals surface area contributed by atoms with Crippen LogP contribution in [0.5, 0.6) is 0 Å². The van der Waals surface area contributed by atoms with Crippen LogP contribution in [0.25, 0.3) is 11.3 Å². The van der Waals surface area contributed by atoms with Gasteiger partial charge in [-0.15, -0.1) is 0 Å². The van der Waals surface area contributed by atoms with E-state index in [1.54, 1.807) is 6.20 Å². The monoisotopic (exact) mass is 205 g/mol. The lowest BCUT2D eigenvalue weighted by molar-refractivity contribution is 0.603. The molecule has 0 atom stereocenters. The molecule has 0 saturated carbocycles. The Morgan fingerprint density at radius 3 is 3.07 bits per heavy atom. The number of hydrogen-bond donors (Lipinski definition) is 0. The minimum Gasteiger partial charge on any atom is -0.272 e. The summed E-state index contributed by atoms with van der Waals surface area (Å²) in [6.45, 7) is 2.96. The van der Waals surface area contributed by atoms with Crippen molar-refractivity contribution in [1.82, 2.24) is 14.8 Å². The molecule has 4 heteroatoms. The number of pyridine rings is 1. The lowest BCUT2D eigenvalue weighted by Gasteiger charge is -1.96. The zero-order chi connectivity index (χ0) is 10.7. The maximum absolute atomic E-state index is 12.9. The van der Waals surface area contributed by atoms with Crippen molar-refractivity contribution >= 4 is 0 Å². The van der Waals surface area contributed by atoms with Gasteiger partial charge in [0.2, 0.25) is 0 Å². The van der Waals surface area contributed by atoms with Gasteiger partial charge in [0.1, 0.15) is 5.82 Å². The van der Waals surface area contributed by atoms with Gasteiger partial charge in [-0.25, -0.2) is 4.39 Å². The molecule has 3 nitrogen and oxygen atoms in total. The van der Waals surface area contributed by atoms with E-state index in [1.165, 1.54) is 18.3 Å². The highest BCUT2D eigenvalue weighted by atomic mass is 19.1. The second-order valence-corrected chi connectivity index (χ2v) is 3.35. The van der Waals surface area contributed by atoms with Gasteiger partial charge in [-0.3, -0.25) is 9.67 Å². The minimum atomic E-state index is -0.275. The molecule has 0 radical (unpaired) electrons. The Hall–Kier alpha value is -1.71. The summed E-state index contributed by atoms with van der Waals surface area (Å²) in [4.78, 5) is 4.09. The summed E-state index contributed by atoms with van der Waals surface area (Å²) in [5, 5.41) is 4.17. The van der Waals surface area contributed by atoms with Crippen LogP contribution >= 0.6 is 0 Å². The molecule has 0 N–H and O–H groups in total. The summed E-state index contributed by atoms with van der Waals surface area (Å²) in [7, 11) is 0. The Balaban J connectivity index is 2.29. The van der Waals surface area contributed by atoms with Crippen molar-refractivity contribution < 1.29 is 4.39 Å². The van der Waals surface area contributed by atoms with Crippen molar-refractivity contribution in [2.75, 3.05) is 0 Å². The Morgan fingerprint density at radius 1 is 1.47 bits per heavy atom. The zero-order valence-electron chi connectivity index (χ0n) is 8.52. The number of rotatable bonds is 3. The van der Waals surface area contributed by atoms with Crippen LogP contribution in [0.3, 0.4) is 0 Å². The Labute approximate surface area is 87.6 Å². The molecule has 0 amide bonds. The molecular weight excluding hydrogens is 193 g/mol. The lowest BCUT2D eigenvalue weighted by atomic mass is 10.2. The average molecular weight is 205 g/mol. The van der Waals surface area contributed by atoms with E-state index in [1.807, 2.05) is 10.9 Å². The van der Waals surface area contributed by atoms with Gasteiger partial charge in [-0.2, -0.15) is 5.10 Å². The van der Waals surface area contributed by atoms with Gasteiger partial charge >= 0.3 is 0 Å². The van der Waals surface area contributed by atoms with Crippen LogP contribution in [0.2, 0.25) is 0 Å². The molecule has 0 aliphatic heterocycles. The third-order valence-corrected chi connectivity index (χ3v) is 2.10. The number of aryl methyl sites for hydroxylation is 1. The largest absolute Gasteiger partial charge is 0.272 e. The molecule has 0 aliphatic carbocycles. The molecule has 0 aromatic carbocycles. The Bertz CT molecular complexity index is 451. The zero-order valence-corrected chi connectivity index (χ0v) is 8.52. The summed E-state index contributed by atoms with van der Waals surface area (Å²) in [6, 6.07) is 2.74. The number of hydrogen-bond acceptors (Lipinski definition) is 2. The quantitative estimate of drug-likeness (QED) is 0.770. The molecule has 0 unspecified atom stereocenters. The Kier molecular flexibility index (Phi) is 2.76. The van der Waals surface area contributed by atoms with Crippen molar-refractivity contribution in [1.29, 1.82) is 0 Å². The standard InChI is InChI=1S/C11H12FN3/c1-2-5-15-8-9(7-14-15)11-6-10(12)3-4-13-11/h3-4,6-8H,2,5H2,1H3. The summed E-state index contributed by atoms with van der Waals surface area (Å²) in [5.74, 6) is -0.275. The number of nitrogens with zero attached hydrogens (tertiary/aromatic N) is 3. The van der Waals surface area contributed by atoms with Crippen LogP contribution in [0.1, 0.15) is 13.3 Å². The maximum atomic E-state index is 12.9. The van der Waals surface area contributed by atoms with Crippen molar-refractivity contribution in [3.05, 3.63) is 36.5 Å². The third-order valence-electron chi connectivity index (χ3n) is 2.10. The van der Waals surface area contributed by atoms with E-state index in [-0.39, 0.29) is 5.82 Å². The van der Waals surface area contributed by atoms with E-state index in [0.717, 1.165) is 18.5 Å². The first kappa shape index (κ1) is 9.83. The van der Waals surface area contributed by atoms with Crippen LogP contribution < -0.4 is 0 Å². The molecule has 0 bridgehead atoms. The first-order chi connectivity index (χ1) is 7.29. The molecule has 78 valence electrons. The molecule has 15 heavy (non-hydrogen) atoms. The molecule has 0 aliphatic rings. The summed E-state index contributed by atoms with van der Waals surface area (Å²) in [6.07, 6.45) is 6.07. The highest BCUT2D eigenvalue weighted by Gasteiger charge is 2.03. The van der Waals surface area contributed by atoms with Crippen LogP contribution in [0.15, 0.2) is 30.7 Å². The van der Waals surface area contributed by atoms with Crippen molar-refractivity contribution in [2.45, 2.75) is 19.9 Å². The fraction of sp³-hybridized carbons (Fsp3) is 0.273. The van der Waals surface area contributed by atoms with Crippen LogP contribution in [-0.2, 0) is 6.54 Å². The normalized spacial score (nSPS) is 10.5. The maximum Gasteiger partial charge on any atom is 0.126 e. The van der Waals surface area contributed by atoms with Crippen LogP contribution in [0.4, 0.5) is 4.39 Å². The molecule has 2 heterocycles.